The van der Waals surface area contributed by atoms with Crippen molar-refractivity contribution in [3.05, 3.63) is 23.2 Å². The molecule has 0 aliphatic rings. The fourth-order valence-corrected chi connectivity index (χ4v) is 3.04. The molecule has 0 spiro atoms. The Morgan fingerprint density at radius 3 is 2.73 bits per heavy atom. The number of nitrogen functional groups attached to an aromatic ring is 1. The van der Waals surface area contributed by atoms with Gasteiger partial charge in [0, 0.05) is 11.4 Å². The fraction of sp³-hybridized carbons (Fsp3) is 0.455. The normalized spacial score (nSPS) is 14.9. The average Bonchev–Trinajstić information content (AvgIpc) is 2.17. The molecule has 1 rings (SSSR count). The van der Waals surface area contributed by atoms with Gasteiger partial charge in [0.1, 0.15) is 0 Å². The summed E-state index contributed by atoms with van der Waals surface area (Å²) in [7, 11) is -1.02. The molecular weight excluding hydrogens is 230 g/mol. The third kappa shape index (κ3) is 3.50. The van der Waals surface area contributed by atoms with Crippen molar-refractivity contribution in [2.45, 2.75) is 25.2 Å². The molecule has 4 heteroatoms. The molecule has 15 heavy (non-hydrogen) atoms. The Bertz CT molecular complexity index is 368. The van der Waals surface area contributed by atoms with Gasteiger partial charge < -0.3 is 5.73 Å². The van der Waals surface area contributed by atoms with E-state index in [1.165, 1.54) is 0 Å². The van der Waals surface area contributed by atoms with Crippen LogP contribution in [0, 0.1) is 5.92 Å². The van der Waals surface area contributed by atoms with Gasteiger partial charge in [-0.25, -0.2) is 0 Å². The second-order valence-corrected chi connectivity index (χ2v) is 5.59. The van der Waals surface area contributed by atoms with Crippen LogP contribution in [-0.4, -0.2) is 9.96 Å². The van der Waals surface area contributed by atoms with Crippen molar-refractivity contribution in [1.29, 1.82) is 0 Å². The summed E-state index contributed by atoms with van der Waals surface area (Å²) in [4.78, 5) is 0.686. The Hall–Kier alpha value is -0.540. The van der Waals surface area contributed by atoms with E-state index >= 15 is 0 Å². The fourth-order valence-electron chi connectivity index (χ4n) is 1.17. The number of rotatable bonds is 4. The van der Waals surface area contributed by atoms with Gasteiger partial charge in [-0.3, -0.25) is 4.21 Å². The lowest BCUT2D eigenvalue weighted by atomic mass is 10.2. The summed E-state index contributed by atoms with van der Waals surface area (Å²) < 4.78 is 11.9. The van der Waals surface area contributed by atoms with E-state index in [1.807, 2.05) is 0 Å². The Kier molecular flexibility index (Phi) is 4.61. The van der Waals surface area contributed by atoms with Gasteiger partial charge in [0.2, 0.25) is 0 Å². The number of halogens is 1. The smallest absolute Gasteiger partial charge is 0.0587 e. The first-order valence-corrected chi connectivity index (χ1v) is 6.67. The predicted molar refractivity (Wildman–Crippen MR) is 66.6 cm³/mol. The van der Waals surface area contributed by atoms with Crippen molar-refractivity contribution >= 4 is 28.1 Å². The van der Waals surface area contributed by atoms with E-state index in [0.717, 1.165) is 6.42 Å². The van der Waals surface area contributed by atoms with Crippen molar-refractivity contribution < 1.29 is 4.21 Å². The second-order valence-electron chi connectivity index (χ2n) is 3.72. The number of nitrogens with two attached hydrogens (primary N) is 1. The Labute approximate surface area is 98.3 Å². The van der Waals surface area contributed by atoms with E-state index in [1.54, 1.807) is 18.2 Å². The zero-order chi connectivity index (χ0) is 11.4. The van der Waals surface area contributed by atoms with Crippen LogP contribution in [-0.2, 0) is 10.8 Å². The molecule has 2 N–H and O–H groups in total. The zero-order valence-electron chi connectivity index (χ0n) is 9.00. The second kappa shape index (κ2) is 5.52. The maximum absolute atomic E-state index is 11.9. The molecule has 0 aromatic heterocycles. The molecule has 0 bridgehead atoms. The van der Waals surface area contributed by atoms with Crippen LogP contribution in [0.2, 0.25) is 5.02 Å². The molecule has 0 heterocycles. The van der Waals surface area contributed by atoms with Crippen LogP contribution in [0.3, 0.4) is 0 Å². The maximum Gasteiger partial charge on any atom is 0.0587 e. The molecule has 0 saturated heterocycles. The topological polar surface area (TPSA) is 43.1 Å². The van der Waals surface area contributed by atoms with Gasteiger partial charge in [0.05, 0.1) is 20.7 Å². The van der Waals surface area contributed by atoms with Gasteiger partial charge in [-0.1, -0.05) is 31.9 Å². The van der Waals surface area contributed by atoms with E-state index < -0.39 is 10.8 Å². The van der Waals surface area contributed by atoms with Crippen LogP contribution in [0.1, 0.15) is 20.3 Å². The standard InChI is InChI=1S/C11H16ClNOS/c1-3-8(2)7-15(14)11-5-4-9(13)6-10(11)12/h4-6,8H,3,7,13H2,1-2H3. The molecular formula is C11H16ClNOS. The lowest BCUT2D eigenvalue weighted by Gasteiger charge is -2.09. The SMILES string of the molecule is CCC(C)CS(=O)c1ccc(N)cc1Cl. The van der Waals surface area contributed by atoms with Crippen molar-refractivity contribution in [1.82, 2.24) is 0 Å². The number of hydrogen-bond donors (Lipinski definition) is 1. The van der Waals surface area contributed by atoms with Gasteiger partial charge in [-0.05, 0) is 24.1 Å². The molecule has 84 valence electrons. The molecule has 1 aromatic rings. The first kappa shape index (κ1) is 12.5. The van der Waals surface area contributed by atoms with E-state index in [4.69, 9.17) is 17.3 Å². The molecule has 2 nitrogen and oxygen atoms in total. The van der Waals surface area contributed by atoms with Gasteiger partial charge in [0.25, 0.3) is 0 Å². The molecule has 2 atom stereocenters. The van der Waals surface area contributed by atoms with Crippen molar-refractivity contribution in [3.8, 4) is 0 Å². The molecule has 1 aromatic carbocycles. The molecule has 2 unspecified atom stereocenters. The highest BCUT2D eigenvalue weighted by molar-refractivity contribution is 7.85. The first-order chi connectivity index (χ1) is 7.04. The number of hydrogen-bond acceptors (Lipinski definition) is 2. The highest BCUT2D eigenvalue weighted by Crippen LogP contribution is 2.23. The summed E-state index contributed by atoms with van der Waals surface area (Å²) in [6, 6.07) is 5.12. The van der Waals surface area contributed by atoms with E-state index in [9.17, 15) is 4.21 Å². The molecule has 0 fully saturated rings. The maximum atomic E-state index is 11.9. The summed E-state index contributed by atoms with van der Waals surface area (Å²) in [6.45, 7) is 4.18. The van der Waals surface area contributed by atoms with Gasteiger partial charge in [-0.2, -0.15) is 0 Å². The average molecular weight is 246 g/mol. The summed E-state index contributed by atoms with van der Waals surface area (Å²) in [5.41, 5.74) is 6.17. The Balaban J connectivity index is 2.82. The number of benzene rings is 1. The van der Waals surface area contributed by atoms with Crippen LogP contribution in [0.5, 0.6) is 0 Å². The molecule has 0 saturated carbocycles. The summed E-state index contributed by atoms with van der Waals surface area (Å²) in [6.07, 6.45) is 1.03. The Morgan fingerprint density at radius 1 is 1.53 bits per heavy atom. The predicted octanol–water partition coefficient (Wildman–Crippen LogP) is 3.08. The van der Waals surface area contributed by atoms with Gasteiger partial charge in [-0.15, -0.1) is 0 Å². The Morgan fingerprint density at radius 2 is 2.20 bits per heavy atom. The van der Waals surface area contributed by atoms with Gasteiger partial charge in [0.15, 0.2) is 0 Å². The molecule has 0 amide bonds. The van der Waals surface area contributed by atoms with Crippen LogP contribution >= 0.6 is 11.6 Å². The van der Waals surface area contributed by atoms with E-state index in [0.29, 0.717) is 27.3 Å². The third-order valence-electron chi connectivity index (χ3n) is 2.33. The monoisotopic (exact) mass is 245 g/mol. The van der Waals surface area contributed by atoms with E-state index in [-0.39, 0.29) is 0 Å². The van der Waals surface area contributed by atoms with Crippen molar-refractivity contribution in [3.63, 3.8) is 0 Å². The summed E-state index contributed by atoms with van der Waals surface area (Å²) >= 11 is 5.98. The zero-order valence-corrected chi connectivity index (χ0v) is 10.6. The van der Waals surface area contributed by atoms with Crippen LogP contribution < -0.4 is 5.73 Å². The molecule has 0 aliphatic carbocycles. The number of anilines is 1. The highest BCUT2D eigenvalue weighted by atomic mass is 35.5. The summed E-state index contributed by atoms with van der Waals surface area (Å²) in [5, 5.41) is 0.497. The molecule has 0 aliphatic heterocycles. The highest BCUT2D eigenvalue weighted by Gasteiger charge is 2.11. The largest absolute Gasteiger partial charge is 0.399 e. The van der Waals surface area contributed by atoms with Crippen molar-refractivity contribution in [2.24, 2.45) is 5.92 Å². The van der Waals surface area contributed by atoms with Crippen LogP contribution in [0.15, 0.2) is 23.1 Å². The van der Waals surface area contributed by atoms with Crippen LogP contribution in [0.4, 0.5) is 5.69 Å². The first-order valence-electron chi connectivity index (χ1n) is 4.98. The van der Waals surface area contributed by atoms with Gasteiger partial charge >= 0.3 is 0 Å². The third-order valence-corrected chi connectivity index (χ3v) is 4.48. The molecule has 0 radical (unpaired) electrons. The minimum atomic E-state index is -1.02. The lowest BCUT2D eigenvalue weighted by Crippen LogP contribution is -2.07. The summed E-state index contributed by atoms with van der Waals surface area (Å²) in [5.74, 6) is 1.10. The minimum absolute atomic E-state index is 0.444. The minimum Gasteiger partial charge on any atom is -0.399 e. The quantitative estimate of drug-likeness (QED) is 0.829. The lowest BCUT2D eigenvalue weighted by molar-refractivity contribution is 0.615. The van der Waals surface area contributed by atoms with E-state index in [2.05, 4.69) is 13.8 Å². The van der Waals surface area contributed by atoms with Crippen molar-refractivity contribution in [2.75, 3.05) is 11.5 Å². The van der Waals surface area contributed by atoms with Crippen LogP contribution in [0.25, 0.3) is 0 Å².